The maximum absolute atomic E-state index is 6.63. The molecule has 2 aliphatic rings. The standard InChI is InChI=1S/C22H18OS2/c1-6-12-22(13-7-1)20-18(14-8-2-4-10-16(14)24-20)23-19-15-9-3-5-11-17(15)25-21(19)22/h2-5,8-11H,1,6-7,12-13H2. The maximum Gasteiger partial charge on any atom is 0.150 e. The van der Waals surface area contributed by atoms with Gasteiger partial charge in [0.05, 0.1) is 9.75 Å². The molecule has 25 heavy (non-hydrogen) atoms. The summed E-state index contributed by atoms with van der Waals surface area (Å²) in [6, 6.07) is 17.5. The Bertz CT molecular complexity index is 1030. The minimum Gasteiger partial charge on any atom is -0.454 e. The van der Waals surface area contributed by atoms with Gasteiger partial charge in [-0.05, 0) is 37.1 Å². The second-order valence-electron chi connectivity index (χ2n) is 7.26. The lowest BCUT2D eigenvalue weighted by Crippen LogP contribution is -2.31. The van der Waals surface area contributed by atoms with Crippen LogP contribution in [0.5, 0.6) is 11.5 Å². The zero-order valence-electron chi connectivity index (χ0n) is 13.9. The van der Waals surface area contributed by atoms with Crippen molar-refractivity contribution in [3.63, 3.8) is 0 Å². The quantitative estimate of drug-likeness (QED) is 0.315. The topological polar surface area (TPSA) is 9.23 Å². The zero-order chi connectivity index (χ0) is 16.4. The SMILES string of the molecule is c1ccc2c3c(sc2c1)C1(CCCCC1)c1sc2ccccc2c1O3. The summed E-state index contributed by atoms with van der Waals surface area (Å²) in [5, 5.41) is 2.57. The van der Waals surface area contributed by atoms with Crippen molar-refractivity contribution < 1.29 is 4.74 Å². The van der Waals surface area contributed by atoms with Crippen LogP contribution in [0.1, 0.15) is 41.9 Å². The molecule has 1 aliphatic heterocycles. The summed E-state index contributed by atoms with van der Waals surface area (Å²) in [4.78, 5) is 2.96. The summed E-state index contributed by atoms with van der Waals surface area (Å²) in [5.41, 5.74) is 0.175. The second kappa shape index (κ2) is 5.09. The third-order valence-electron chi connectivity index (χ3n) is 5.88. The second-order valence-corrected chi connectivity index (χ2v) is 9.36. The number of thiophene rings is 2. The van der Waals surface area contributed by atoms with Crippen molar-refractivity contribution in [1.29, 1.82) is 0 Å². The van der Waals surface area contributed by atoms with Gasteiger partial charge in [-0.2, -0.15) is 0 Å². The Labute approximate surface area is 154 Å². The van der Waals surface area contributed by atoms with Crippen LogP contribution >= 0.6 is 22.7 Å². The summed E-state index contributed by atoms with van der Waals surface area (Å²) < 4.78 is 9.35. The highest BCUT2D eigenvalue weighted by atomic mass is 32.1. The summed E-state index contributed by atoms with van der Waals surface area (Å²) in [5.74, 6) is 2.28. The first kappa shape index (κ1) is 14.3. The number of hydrogen-bond donors (Lipinski definition) is 0. The van der Waals surface area contributed by atoms with E-state index < -0.39 is 0 Å². The van der Waals surface area contributed by atoms with Gasteiger partial charge in [0.15, 0.2) is 0 Å². The fourth-order valence-corrected chi connectivity index (χ4v) is 7.52. The van der Waals surface area contributed by atoms with Gasteiger partial charge in [-0.1, -0.05) is 43.5 Å². The minimum atomic E-state index is 0.175. The molecule has 1 aliphatic carbocycles. The molecule has 0 unspecified atom stereocenters. The molecule has 1 nitrogen and oxygen atoms in total. The molecule has 0 radical (unpaired) electrons. The first-order valence-corrected chi connectivity index (χ1v) is 10.7. The smallest absolute Gasteiger partial charge is 0.150 e. The van der Waals surface area contributed by atoms with Crippen molar-refractivity contribution >= 4 is 42.8 Å². The third-order valence-corrected chi connectivity index (χ3v) is 8.59. The molecule has 3 heterocycles. The molecule has 6 rings (SSSR count). The van der Waals surface area contributed by atoms with E-state index in [2.05, 4.69) is 48.5 Å². The molecule has 3 heteroatoms. The summed E-state index contributed by atoms with van der Waals surface area (Å²) in [6.45, 7) is 0. The Hall–Kier alpha value is -1.84. The van der Waals surface area contributed by atoms with Gasteiger partial charge in [-0.3, -0.25) is 0 Å². The summed E-state index contributed by atoms with van der Waals surface area (Å²) >= 11 is 3.92. The molecule has 0 saturated heterocycles. The molecule has 2 aromatic heterocycles. The van der Waals surface area contributed by atoms with Crippen LogP contribution in [0.2, 0.25) is 0 Å². The number of fused-ring (bicyclic) bond motifs is 8. The number of rotatable bonds is 0. The van der Waals surface area contributed by atoms with Crippen LogP contribution in [0.25, 0.3) is 20.2 Å². The van der Waals surface area contributed by atoms with Gasteiger partial charge in [-0.15, -0.1) is 22.7 Å². The molecule has 0 N–H and O–H groups in total. The third kappa shape index (κ3) is 1.83. The Balaban J connectivity index is 1.72. The molecule has 1 fully saturated rings. The lowest BCUT2D eigenvalue weighted by molar-refractivity contribution is 0.322. The van der Waals surface area contributed by atoms with E-state index in [-0.39, 0.29) is 5.41 Å². The Kier molecular flexibility index (Phi) is 2.92. The molecule has 0 atom stereocenters. The van der Waals surface area contributed by atoms with Crippen molar-refractivity contribution in [2.75, 3.05) is 0 Å². The lowest BCUT2D eigenvalue weighted by atomic mass is 9.70. The van der Waals surface area contributed by atoms with E-state index in [1.165, 1.54) is 62.0 Å². The van der Waals surface area contributed by atoms with Gasteiger partial charge in [0.2, 0.25) is 0 Å². The van der Waals surface area contributed by atoms with Crippen LogP contribution in [0.4, 0.5) is 0 Å². The molecule has 0 amide bonds. The Morgan fingerprint density at radius 2 is 1.20 bits per heavy atom. The first-order chi connectivity index (χ1) is 12.4. The van der Waals surface area contributed by atoms with E-state index >= 15 is 0 Å². The van der Waals surface area contributed by atoms with Gasteiger partial charge in [0.25, 0.3) is 0 Å². The van der Waals surface area contributed by atoms with Gasteiger partial charge < -0.3 is 4.74 Å². The van der Waals surface area contributed by atoms with Gasteiger partial charge in [0, 0.05) is 25.6 Å². The van der Waals surface area contributed by atoms with E-state index in [9.17, 15) is 0 Å². The van der Waals surface area contributed by atoms with Crippen LogP contribution in [0.3, 0.4) is 0 Å². The molecule has 1 spiro atoms. The molecule has 124 valence electrons. The highest BCUT2D eigenvalue weighted by Gasteiger charge is 2.46. The number of benzene rings is 2. The average Bonchev–Trinajstić information content (AvgIpc) is 3.23. The number of ether oxygens (including phenoxy) is 1. The van der Waals surface area contributed by atoms with Crippen molar-refractivity contribution in [2.24, 2.45) is 0 Å². The van der Waals surface area contributed by atoms with Crippen LogP contribution in [0, 0.1) is 0 Å². The Morgan fingerprint density at radius 3 is 1.76 bits per heavy atom. The zero-order valence-corrected chi connectivity index (χ0v) is 15.5. The molecule has 0 bridgehead atoms. The van der Waals surface area contributed by atoms with Gasteiger partial charge in [0.1, 0.15) is 11.5 Å². The Morgan fingerprint density at radius 1 is 0.680 bits per heavy atom. The molecular weight excluding hydrogens is 344 g/mol. The average molecular weight is 363 g/mol. The van der Waals surface area contributed by atoms with Gasteiger partial charge in [-0.25, -0.2) is 0 Å². The van der Waals surface area contributed by atoms with Gasteiger partial charge >= 0.3 is 0 Å². The van der Waals surface area contributed by atoms with Crippen LogP contribution in [-0.2, 0) is 5.41 Å². The van der Waals surface area contributed by atoms with E-state index in [4.69, 9.17) is 4.74 Å². The van der Waals surface area contributed by atoms with Crippen molar-refractivity contribution in [3.05, 3.63) is 58.3 Å². The normalized spacial score (nSPS) is 18.2. The van der Waals surface area contributed by atoms with E-state index in [0.717, 1.165) is 11.5 Å². The largest absolute Gasteiger partial charge is 0.454 e. The highest BCUT2D eigenvalue weighted by Crippen LogP contribution is 2.62. The monoisotopic (exact) mass is 362 g/mol. The predicted molar refractivity (Wildman–Crippen MR) is 108 cm³/mol. The number of hydrogen-bond acceptors (Lipinski definition) is 3. The van der Waals surface area contributed by atoms with Crippen molar-refractivity contribution in [3.8, 4) is 11.5 Å². The minimum absolute atomic E-state index is 0.175. The van der Waals surface area contributed by atoms with Crippen molar-refractivity contribution in [1.82, 2.24) is 0 Å². The van der Waals surface area contributed by atoms with E-state index in [1.807, 2.05) is 22.7 Å². The lowest BCUT2D eigenvalue weighted by Gasteiger charge is -2.39. The summed E-state index contributed by atoms with van der Waals surface area (Å²) in [7, 11) is 0. The first-order valence-electron chi connectivity index (χ1n) is 9.09. The molecule has 1 saturated carbocycles. The summed E-state index contributed by atoms with van der Waals surface area (Å²) in [6.07, 6.45) is 6.53. The molecule has 4 aromatic rings. The fourth-order valence-electron chi connectivity index (χ4n) is 4.69. The molecular formula is C22H18OS2. The predicted octanol–water partition coefficient (Wildman–Crippen LogP) is 7.47. The maximum atomic E-state index is 6.63. The molecule has 2 aromatic carbocycles. The highest BCUT2D eigenvalue weighted by molar-refractivity contribution is 7.21. The van der Waals surface area contributed by atoms with E-state index in [1.54, 1.807) is 0 Å². The van der Waals surface area contributed by atoms with Crippen molar-refractivity contribution in [2.45, 2.75) is 37.5 Å². The fraction of sp³-hybridized carbons (Fsp3) is 0.273. The van der Waals surface area contributed by atoms with Crippen LogP contribution in [-0.4, -0.2) is 0 Å². The van der Waals surface area contributed by atoms with Crippen LogP contribution < -0.4 is 4.74 Å². The van der Waals surface area contributed by atoms with Crippen LogP contribution in [0.15, 0.2) is 48.5 Å². The van der Waals surface area contributed by atoms with E-state index in [0.29, 0.717) is 0 Å².